The molecule has 0 saturated carbocycles. The standard InChI is InChI=1S/C16H21N3O/c1-5-10-17-15-11(2)12(3)18-16(19-15)13-8-6-7-9-14(13)20-4/h6-9H,5,10H2,1-4H3,(H,17,18,19). The molecule has 0 spiro atoms. The van der Waals surface area contributed by atoms with Crippen LogP contribution < -0.4 is 10.1 Å². The van der Waals surface area contributed by atoms with E-state index in [2.05, 4.69) is 22.2 Å². The summed E-state index contributed by atoms with van der Waals surface area (Å²) in [6.45, 7) is 7.09. The summed E-state index contributed by atoms with van der Waals surface area (Å²) < 4.78 is 5.39. The summed E-state index contributed by atoms with van der Waals surface area (Å²) in [7, 11) is 1.66. The highest BCUT2D eigenvalue weighted by Gasteiger charge is 2.12. The van der Waals surface area contributed by atoms with Crippen LogP contribution in [0.1, 0.15) is 24.6 Å². The summed E-state index contributed by atoms with van der Waals surface area (Å²) in [5.41, 5.74) is 2.99. The van der Waals surface area contributed by atoms with Gasteiger partial charge in [0.15, 0.2) is 5.82 Å². The monoisotopic (exact) mass is 271 g/mol. The average Bonchev–Trinajstić information content (AvgIpc) is 2.48. The van der Waals surface area contributed by atoms with Crippen LogP contribution in [0, 0.1) is 13.8 Å². The fourth-order valence-electron chi connectivity index (χ4n) is 1.99. The highest BCUT2D eigenvalue weighted by atomic mass is 16.5. The zero-order valence-corrected chi connectivity index (χ0v) is 12.5. The lowest BCUT2D eigenvalue weighted by Gasteiger charge is -2.13. The van der Waals surface area contributed by atoms with Crippen LogP contribution in [0.25, 0.3) is 11.4 Å². The number of hydrogen-bond donors (Lipinski definition) is 1. The van der Waals surface area contributed by atoms with Crippen molar-refractivity contribution in [2.75, 3.05) is 19.0 Å². The minimum absolute atomic E-state index is 0.698. The molecule has 0 bridgehead atoms. The van der Waals surface area contributed by atoms with Crippen molar-refractivity contribution in [1.29, 1.82) is 0 Å². The van der Waals surface area contributed by atoms with E-state index in [1.54, 1.807) is 7.11 Å². The second-order valence-electron chi connectivity index (χ2n) is 4.73. The maximum atomic E-state index is 5.39. The average molecular weight is 271 g/mol. The number of aromatic nitrogens is 2. The number of anilines is 1. The molecular weight excluding hydrogens is 250 g/mol. The highest BCUT2D eigenvalue weighted by Crippen LogP contribution is 2.29. The molecule has 2 aromatic rings. The smallest absolute Gasteiger partial charge is 0.165 e. The number of aryl methyl sites for hydroxylation is 1. The number of methoxy groups -OCH3 is 1. The fraction of sp³-hybridized carbons (Fsp3) is 0.375. The third-order valence-corrected chi connectivity index (χ3v) is 3.28. The van der Waals surface area contributed by atoms with Gasteiger partial charge in [0.1, 0.15) is 11.6 Å². The van der Waals surface area contributed by atoms with Gasteiger partial charge in [-0.3, -0.25) is 0 Å². The van der Waals surface area contributed by atoms with Gasteiger partial charge in [-0.05, 0) is 32.4 Å². The minimum Gasteiger partial charge on any atom is -0.496 e. The molecule has 0 unspecified atom stereocenters. The molecule has 0 aliphatic rings. The molecule has 106 valence electrons. The Balaban J connectivity index is 2.49. The van der Waals surface area contributed by atoms with Gasteiger partial charge in [-0.1, -0.05) is 19.1 Å². The third kappa shape index (κ3) is 2.90. The fourth-order valence-corrected chi connectivity index (χ4v) is 1.99. The Morgan fingerprint density at radius 1 is 1.15 bits per heavy atom. The van der Waals surface area contributed by atoms with E-state index in [0.29, 0.717) is 5.82 Å². The molecule has 1 aromatic heterocycles. The first-order valence-corrected chi connectivity index (χ1v) is 6.89. The zero-order valence-electron chi connectivity index (χ0n) is 12.5. The largest absolute Gasteiger partial charge is 0.496 e. The molecule has 2 rings (SSSR count). The Hall–Kier alpha value is -2.10. The number of ether oxygens (including phenoxy) is 1. The Kier molecular flexibility index (Phi) is 4.56. The molecule has 4 nitrogen and oxygen atoms in total. The normalized spacial score (nSPS) is 10.4. The first-order valence-electron chi connectivity index (χ1n) is 6.89. The molecule has 0 amide bonds. The Labute approximate surface area is 120 Å². The molecule has 4 heteroatoms. The van der Waals surface area contributed by atoms with E-state index < -0.39 is 0 Å². The van der Waals surface area contributed by atoms with Gasteiger partial charge in [-0.2, -0.15) is 0 Å². The van der Waals surface area contributed by atoms with Crippen LogP contribution >= 0.6 is 0 Å². The van der Waals surface area contributed by atoms with E-state index in [-0.39, 0.29) is 0 Å². The SMILES string of the molecule is CCCNc1nc(-c2ccccc2OC)nc(C)c1C. The summed E-state index contributed by atoms with van der Waals surface area (Å²) in [5, 5.41) is 3.36. The van der Waals surface area contributed by atoms with Gasteiger partial charge >= 0.3 is 0 Å². The predicted octanol–water partition coefficient (Wildman–Crippen LogP) is 3.59. The van der Waals surface area contributed by atoms with Gasteiger partial charge in [0.2, 0.25) is 0 Å². The quantitative estimate of drug-likeness (QED) is 0.902. The van der Waals surface area contributed by atoms with Crippen molar-refractivity contribution in [3.63, 3.8) is 0 Å². The molecule has 0 fully saturated rings. The van der Waals surface area contributed by atoms with Gasteiger partial charge in [0, 0.05) is 17.8 Å². The molecule has 20 heavy (non-hydrogen) atoms. The van der Waals surface area contributed by atoms with Crippen LogP contribution in [0.2, 0.25) is 0 Å². The zero-order chi connectivity index (χ0) is 14.5. The number of benzene rings is 1. The molecular formula is C16H21N3O. The van der Waals surface area contributed by atoms with Crippen molar-refractivity contribution in [3.05, 3.63) is 35.5 Å². The second kappa shape index (κ2) is 6.37. The van der Waals surface area contributed by atoms with Crippen LogP contribution in [0.3, 0.4) is 0 Å². The number of hydrogen-bond acceptors (Lipinski definition) is 4. The number of nitrogens with zero attached hydrogens (tertiary/aromatic N) is 2. The lowest BCUT2D eigenvalue weighted by molar-refractivity contribution is 0.416. The highest BCUT2D eigenvalue weighted by molar-refractivity contribution is 5.66. The van der Waals surface area contributed by atoms with Gasteiger partial charge in [-0.25, -0.2) is 9.97 Å². The molecule has 1 heterocycles. The Bertz CT molecular complexity index is 596. The maximum Gasteiger partial charge on any atom is 0.165 e. The van der Waals surface area contributed by atoms with E-state index in [9.17, 15) is 0 Å². The summed E-state index contributed by atoms with van der Waals surface area (Å²) in [5.74, 6) is 2.39. The van der Waals surface area contributed by atoms with E-state index in [1.807, 2.05) is 38.1 Å². The van der Waals surface area contributed by atoms with Crippen molar-refractivity contribution in [3.8, 4) is 17.1 Å². The molecule has 0 atom stereocenters. The number of rotatable bonds is 5. The molecule has 0 radical (unpaired) electrons. The molecule has 0 aliphatic heterocycles. The molecule has 1 N–H and O–H groups in total. The van der Waals surface area contributed by atoms with Crippen molar-refractivity contribution < 1.29 is 4.74 Å². The summed E-state index contributed by atoms with van der Waals surface area (Å²) in [6.07, 6.45) is 1.06. The molecule has 0 saturated heterocycles. The van der Waals surface area contributed by atoms with Crippen LogP contribution in [0.4, 0.5) is 5.82 Å². The Morgan fingerprint density at radius 2 is 1.90 bits per heavy atom. The predicted molar refractivity (Wildman–Crippen MR) is 82.3 cm³/mol. The van der Waals surface area contributed by atoms with E-state index in [1.165, 1.54) is 0 Å². The van der Waals surface area contributed by atoms with Gasteiger partial charge in [0.25, 0.3) is 0 Å². The lowest BCUT2D eigenvalue weighted by Crippen LogP contribution is -2.07. The van der Waals surface area contributed by atoms with Crippen LogP contribution in [-0.4, -0.2) is 23.6 Å². The number of nitrogens with one attached hydrogen (secondary N) is 1. The van der Waals surface area contributed by atoms with E-state index in [0.717, 1.165) is 41.4 Å². The second-order valence-corrected chi connectivity index (χ2v) is 4.73. The van der Waals surface area contributed by atoms with Gasteiger partial charge in [0.05, 0.1) is 12.7 Å². The van der Waals surface area contributed by atoms with Crippen molar-refractivity contribution >= 4 is 5.82 Å². The third-order valence-electron chi connectivity index (χ3n) is 3.28. The summed E-state index contributed by atoms with van der Waals surface area (Å²) in [6, 6.07) is 7.81. The summed E-state index contributed by atoms with van der Waals surface area (Å²) >= 11 is 0. The van der Waals surface area contributed by atoms with E-state index in [4.69, 9.17) is 4.74 Å². The van der Waals surface area contributed by atoms with Crippen molar-refractivity contribution in [2.45, 2.75) is 27.2 Å². The topological polar surface area (TPSA) is 47.0 Å². The minimum atomic E-state index is 0.698. The Morgan fingerprint density at radius 3 is 2.60 bits per heavy atom. The molecule has 1 aromatic carbocycles. The van der Waals surface area contributed by atoms with E-state index >= 15 is 0 Å². The van der Waals surface area contributed by atoms with Crippen molar-refractivity contribution in [1.82, 2.24) is 9.97 Å². The van der Waals surface area contributed by atoms with Crippen LogP contribution in [0.15, 0.2) is 24.3 Å². The first kappa shape index (κ1) is 14.3. The van der Waals surface area contributed by atoms with Crippen molar-refractivity contribution in [2.24, 2.45) is 0 Å². The number of para-hydroxylation sites is 1. The first-order chi connectivity index (χ1) is 9.67. The van der Waals surface area contributed by atoms with Gasteiger partial charge in [-0.15, -0.1) is 0 Å². The van der Waals surface area contributed by atoms with Crippen LogP contribution in [-0.2, 0) is 0 Å². The maximum absolute atomic E-state index is 5.39. The van der Waals surface area contributed by atoms with Crippen LogP contribution in [0.5, 0.6) is 5.75 Å². The van der Waals surface area contributed by atoms with Gasteiger partial charge < -0.3 is 10.1 Å². The lowest BCUT2D eigenvalue weighted by atomic mass is 10.1. The summed E-state index contributed by atoms with van der Waals surface area (Å²) in [4.78, 5) is 9.24. The molecule has 0 aliphatic carbocycles.